The van der Waals surface area contributed by atoms with Gasteiger partial charge in [-0.05, 0) is 30.2 Å². The number of nitrogens with two attached hydrogens (primary N) is 1. The first-order valence-electron chi connectivity index (χ1n) is 6.62. The maximum absolute atomic E-state index is 12.5. The molecule has 2 rings (SSSR count). The standard InChI is InChI=1S/C16H19NO3S/c1-12-7-3-4-8-13(12)14(17)11-21(18,19)16-10-6-5-9-15(16)20-2/h3-10,14H,11,17H2,1-2H3. The van der Waals surface area contributed by atoms with Gasteiger partial charge in [-0.25, -0.2) is 8.42 Å². The molecule has 5 heteroatoms. The molecule has 1 atom stereocenters. The van der Waals surface area contributed by atoms with Crippen LogP contribution in [0.5, 0.6) is 5.75 Å². The third kappa shape index (κ3) is 3.43. The molecule has 0 fully saturated rings. The fourth-order valence-corrected chi connectivity index (χ4v) is 3.87. The molecular formula is C16H19NO3S. The minimum absolute atomic E-state index is 0.155. The zero-order valence-electron chi connectivity index (χ0n) is 12.1. The molecule has 0 amide bonds. The van der Waals surface area contributed by atoms with E-state index in [2.05, 4.69) is 0 Å². The van der Waals surface area contributed by atoms with Gasteiger partial charge < -0.3 is 10.5 Å². The summed E-state index contributed by atoms with van der Waals surface area (Å²) in [6, 6.07) is 13.6. The van der Waals surface area contributed by atoms with Crippen molar-refractivity contribution in [3.05, 3.63) is 59.7 Å². The topological polar surface area (TPSA) is 69.4 Å². The van der Waals surface area contributed by atoms with Crippen LogP contribution in [0.3, 0.4) is 0 Å². The van der Waals surface area contributed by atoms with E-state index in [4.69, 9.17) is 10.5 Å². The zero-order valence-corrected chi connectivity index (χ0v) is 12.9. The van der Waals surface area contributed by atoms with Crippen molar-refractivity contribution in [3.63, 3.8) is 0 Å². The summed E-state index contributed by atoms with van der Waals surface area (Å²) in [5.74, 6) is 0.188. The first-order chi connectivity index (χ1) is 9.95. The molecule has 0 spiro atoms. The van der Waals surface area contributed by atoms with Gasteiger partial charge in [0.1, 0.15) is 10.6 Å². The highest BCUT2D eigenvalue weighted by atomic mass is 32.2. The lowest BCUT2D eigenvalue weighted by Crippen LogP contribution is -2.23. The van der Waals surface area contributed by atoms with Gasteiger partial charge in [0.15, 0.2) is 9.84 Å². The van der Waals surface area contributed by atoms with Crippen LogP contribution < -0.4 is 10.5 Å². The van der Waals surface area contributed by atoms with Crippen LogP contribution in [-0.2, 0) is 9.84 Å². The SMILES string of the molecule is COc1ccccc1S(=O)(=O)CC(N)c1ccccc1C. The van der Waals surface area contributed by atoms with Crippen LogP contribution in [-0.4, -0.2) is 21.3 Å². The number of methoxy groups -OCH3 is 1. The minimum Gasteiger partial charge on any atom is -0.495 e. The summed E-state index contributed by atoms with van der Waals surface area (Å²) in [5, 5.41) is 0. The molecule has 0 radical (unpaired) electrons. The van der Waals surface area contributed by atoms with E-state index in [1.807, 2.05) is 31.2 Å². The van der Waals surface area contributed by atoms with Gasteiger partial charge >= 0.3 is 0 Å². The summed E-state index contributed by atoms with van der Waals surface area (Å²) >= 11 is 0. The van der Waals surface area contributed by atoms with E-state index in [1.165, 1.54) is 7.11 Å². The zero-order chi connectivity index (χ0) is 15.5. The maximum atomic E-state index is 12.5. The Labute approximate surface area is 125 Å². The van der Waals surface area contributed by atoms with Crippen molar-refractivity contribution >= 4 is 9.84 Å². The second-order valence-corrected chi connectivity index (χ2v) is 6.90. The van der Waals surface area contributed by atoms with Crippen molar-refractivity contribution < 1.29 is 13.2 Å². The normalized spacial score (nSPS) is 12.9. The molecule has 2 aromatic carbocycles. The average Bonchev–Trinajstić information content (AvgIpc) is 2.47. The Bertz CT molecular complexity index is 726. The largest absolute Gasteiger partial charge is 0.495 e. The predicted octanol–water partition coefficient (Wildman–Crippen LogP) is 2.48. The van der Waals surface area contributed by atoms with Gasteiger partial charge in [-0.2, -0.15) is 0 Å². The van der Waals surface area contributed by atoms with Crippen molar-refractivity contribution in [3.8, 4) is 5.75 Å². The summed E-state index contributed by atoms with van der Waals surface area (Å²) in [5.41, 5.74) is 7.92. The van der Waals surface area contributed by atoms with E-state index < -0.39 is 15.9 Å². The molecule has 0 aliphatic rings. The highest BCUT2D eigenvalue weighted by Gasteiger charge is 2.23. The van der Waals surface area contributed by atoms with Crippen LogP contribution in [0.4, 0.5) is 0 Å². The summed E-state index contributed by atoms with van der Waals surface area (Å²) in [6.07, 6.45) is 0. The van der Waals surface area contributed by atoms with Crippen LogP contribution in [0.25, 0.3) is 0 Å². The highest BCUT2D eigenvalue weighted by molar-refractivity contribution is 7.91. The molecule has 1 unspecified atom stereocenters. The van der Waals surface area contributed by atoms with Crippen LogP contribution in [0.15, 0.2) is 53.4 Å². The Morgan fingerprint density at radius 1 is 1.10 bits per heavy atom. The number of sulfone groups is 1. The first kappa shape index (κ1) is 15.5. The molecule has 0 heterocycles. The predicted molar refractivity (Wildman–Crippen MR) is 83.2 cm³/mol. The fraction of sp³-hybridized carbons (Fsp3) is 0.250. The molecule has 2 aromatic rings. The lowest BCUT2D eigenvalue weighted by atomic mass is 10.0. The van der Waals surface area contributed by atoms with Gasteiger partial charge in [0.25, 0.3) is 0 Å². The van der Waals surface area contributed by atoms with Crippen LogP contribution >= 0.6 is 0 Å². The van der Waals surface area contributed by atoms with Crippen molar-refractivity contribution in [1.82, 2.24) is 0 Å². The Morgan fingerprint density at radius 2 is 1.71 bits per heavy atom. The number of hydrogen-bond donors (Lipinski definition) is 1. The molecule has 0 aliphatic carbocycles. The molecule has 112 valence electrons. The summed E-state index contributed by atoms with van der Waals surface area (Å²) in [7, 11) is -2.06. The van der Waals surface area contributed by atoms with Crippen molar-refractivity contribution in [2.45, 2.75) is 17.9 Å². The van der Waals surface area contributed by atoms with Crippen LogP contribution in [0, 0.1) is 6.92 Å². The van der Waals surface area contributed by atoms with E-state index in [1.54, 1.807) is 24.3 Å². The highest BCUT2D eigenvalue weighted by Crippen LogP contribution is 2.27. The molecule has 0 saturated carbocycles. The van der Waals surface area contributed by atoms with Gasteiger partial charge in [0.2, 0.25) is 0 Å². The summed E-state index contributed by atoms with van der Waals surface area (Å²) in [6.45, 7) is 1.92. The average molecular weight is 305 g/mol. The van der Waals surface area contributed by atoms with E-state index in [0.717, 1.165) is 11.1 Å². The number of rotatable bonds is 5. The third-order valence-electron chi connectivity index (χ3n) is 3.39. The van der Waals surface area contributed by atoms with Gasteiger partial charge in [-0.3, -0.25) is 0 Å². The smallest absolute Gasteiger partial charge is 0.183 e. The van der Waals surface area contributed by atoms with Crippen molar-refractivity contribution in [2.75, 3.05) is 12.9 Å². The number of aryl methyl sites for hydroxylation is 1. The molecule has 0 saturated heterocycles. The third-order valence-corrected chi connectivity index (χ3v) is 5.20. The second-order valence-electron chi connectivity index (χ2n) is 4.90. The van der Waals surface area contributed by atoms with E-state index in [-0.39, 0.29) is 10.6 Å². The van der Waals surface area contributed by atoms with Crippen molar-refractivity contribution in [1.29, 1.82) is 0 Å². The molecule has 4 nitrogen and oxygen atoms in total. The first-order valence-corrected chi connectivity index (χ1v) is 8.28. The van der Waals surface area contributed by atoms with E-state index >= 15 is 0 Å². The van der Waals surface area contributed by atoms with Crippen LogP contribution in [0.2, 0.25) is 0 Å². The van der Waals surface area contributed by atoms with Gasteiger partial charge in [-0.1, -0.05) is 36.4 Å². The quantitative estimate of drug-likeness (QED) is 0.921. The number of benzene rings is 2. The number of para-hydroxylation sites is 1. The Morgan fingerprint density at radius 3 is 2.38 bits per heavy atom. The van der Waals surface area contributed by atoms with Gasteiger partial charge in [0, 0.05) is 6.04 Å². The van der Waals surface area contributed by atoms with Gasteiger partial charge in [0.05, 0.1) is 12.9 Å². The number of hydrogen-bond acceptors (Lipinski definition) is 4. The Hall–Kier alpha value is -1.85. The molecule has 0 aromatic heterocycles. The lowest BCUT2D eigenvalue weighted by Gasteiger charge is -2.16. The van der Waals surface area contributed by atoms with E-state index in [0.29, 0.717) is 5.75 Å². The molecule has 0 bridgehead atoms. The monoisotopic (exact) mass is 305 g/mol. The number of ether oxygens (including phenoxy) is 1. The summed E-state index contributed by atoms with van der Waals surface area (Å²) < 4.78 is 30.2. The summed E-state index contributed by atoms with van der Waals surface area (Å²) in [4.78, 5) is 0.177. The molecule has 2 N–H and O–H groups in total. The Balaban J connectivity index is 2.32. The van der Waals surface area contributed by atoms with Crippen molar-refractivity contribution in [2.24, 2.45) is 5.73 Å². The van der Waals surface area contributed by atoms with E-state index in [9.17, 15) is 8.42 Å². The van der Waals surface area contributed by atoms with Crippen LogP contribution in [0.1, 0.15) is 17.2 Å². The second kappa shape index (κ2) is 6.28. The Kier molecular flexibility index (Phi) is 4.65. The molecule has 21 heavy (non-hydrogen) atoms. The lowest BCUT2D eigenvalue weighted by molar-refractivity contribution is 0.402. The molecular weight excluding hydrogens is 286 g/mol. The van der Waals surface area contributed by atoms with Gasteiger partial charge in [-0.15, -0.1) is 0 Å². The minimum atomic E-state index is -3.52. The molecule has 0 aliphatic heterocycles. The fourth-order valence-electron chi connectivity index (χ4n) is 2.29. The maximum Gasteiger partial charge on any atom is 0.183 e.